The van der Waals surface area contributed by atoms with Crippen LogP contribution in [0.4, 0.5) is 0 Å². The van der Waals surface area contributed by atoms with Crippen molar-refractivity contribution in [2.24, 2.45) is 0 Å². The molecule has 18 heavy (non-hydrogen) atoms. The Kier molecular flexibility index (Phi) is 3.75. The Morgan fingerprint density at radius 1 is 1.17 bits per heavy atom. The number of hydrogen-bond donors (Lipinski definition) is 0. The van der Waals surface area contributed by atoms with Crippen LogP contribution in [0.3, 0.4) is 0 Å². The Balaban J connectivity index is 2.17. The fourth-order valence-electron chi connectivity index (χ4n) is 2.06. The smallest absolute Gasteiger partial charge is 0.118 e. The maximum absolute atomic E-state index is 5.17. The van der Waals surface area contributed by atoms with Gasteiger partial charge in [-0.05, 0) is 42.2 Å². The number of ether oxygens (including phenoxy) is 1. The van der Waals surface area contributed by atoms with E-state index in [1.165, 1.54) is 16.8 Å². The topological polar surface area (TPSA) is 14.2 Å². The lowest BCUT2D eigenvalue weighted by Gasteiger charge is -2.07. The van der Waals surface area contributed by atoms with Gasteiger partial charge in [-0.2, -0.15) is 0 Å². The van der Waals surface area contributed by atoms with Crippen molar-refractivity contribution < 1.29 is 4.74 Å². The molecule has 0 amide bonds. The maximum atomic E-state index is 5.17. The van der Waals surface area contributed by atoms with Crippen LogP contribution >= 0.6 is 0 Å². The highest BCUT2D eigenvalue weighted by molar-refractivity contribution is 5.28. The molecule has 0 N–H and O–H groups in total. The number of methoxy groups -OCH3 is 1. The predicted octanol–water partition coefficient (Wildman–Crippen LogP) is 3.98. The van der Waals surface area contributed by atoms with Crippen molar-refractivity contribution in [2.75, 3.05) is 7.11 Å². The Labute approximate surface area is 109 Å². The molecule has 96 valence electrons. The molecule has 1 heterocycles. The summed E-state index contributed by atoms with van der Waals surface area (Å²) in [7, 11) is 1.69. The molecule has 2 rings (SSSR count). The summed E-state index contributed by atoms with van der Waals surface area (Å²) in [6, 6.07) is 10.5. The van der Waals surface area contributed by atoms with Gasteiger partial charge in [0, 0.05) is 18.4 Å². The van der Waals surface area contributed by atoms with E-state index >= 15 is 0 Å². The van der Waals surface area contributed by atoms with Gasteiger partial charge in [-0.15, -0.1) is 0 Å². The summed E-state index contributed by atoms with van der Waals surface area (Å²) in [5.74, 6) is 1.49. The molecule has 0 atom stereocenters. The molecule has 0 radical (unpaired) electrons. The van der Waals surface area contributed by atoms with E-state index in [0.29, 0.717) is 5.92 Å². The zero-order valence-corrected chi connectivity index (χ0v) is 11.6. The van der Waals surface area contributed by atoms with Crippen LogP contribution in [0.5, 0.6) is 5.75 Å². The third kappa shape index (κ3) is 2.76. The predicted molar refractivity (Wildman–Crippen MR) is 75.4 cm³/mol. The van der Waals surface area contributed by atoms with Crippen LogP contribution < -0.4 is 4.74 Å². The largest absolute Gasteiger partial charge is 0.497 e. The molecule has 0 aliphatic heterocycles. The van der Waals surface area contributed by atoms with Crippen LogP contribution in [0, 0.1) is 6.92 Å². The molecule has 2 heteroatoms. The van der Waals surface area contributed by atoms with Crippen molar-refractivity contribution >= 4 is 0 Å². The standard InChI is InChI=1S/C16H21NO/c1-12(2)15-9-13(3)17(11-15)10-14-5-7-16(18-4)8-6-14/h5-9,11-12H,10H2,1-4H3. The van der Waals surface area contributed by atoms with E-state index in [-0.39, 0.29) is 0 Å². The summed E-state index contributed by atoms with van der Waals surface area (Å²) >= 11 is 0. The van der Waals surface area contributed by atoms with Gasteiger partial charge in [0.25, 0.3) is 0 Å². The zero-order chi connectivity index (χ0) is 13.1. The van der Waals surface area contributed by atoms with E-state index in [4.69, 9.17) is 4.74 Å². The second-order valence-electron chi connectivity index (χ2n) is 5.05. The minimum Gasteiger partial charge on any atom is -0.497 e. The van der Waals surface area contributed by atoms with Crippen molar-refractivity contribution in [2.45, 2.75) is 33.2 Å². The average Bonchev–Trinajstić information content (AvgIpc) is 2.72. The van der Waals surface area contributed by atoms with E-state index < -0.39 is 0 Å². The minimum atomic E-state index is 0.584. The molecule has 0 bridgehead atoms. The Bertz CT molecular complexity index is 508. The first-order valence-corrected chi connectivity index (χ1v) is 6.39. The van der Waals surface area contributed by atoms with Crippen LogP contribution in [0.25, 0.3) is 0 Å². The number of aryl methyl sites for hydroxylation is 1. The molecule has 1 aromatic carbocycles. The molecule has 0 saturated carbocycles. The minimum absolute atomic E-state index is 0.584. The molecule has 0 saturated heterocycles. The second kappa shape index (κ2) is 5.30. The molecular weight excluding hydrogens is 222 g/mol. The first kappa shape index (κ1) is 12.7. The molecule has 0 aliphatic rings. The molecule has 0 aliphatic carbocycles. The van der Waals surface area contributed by atoms with Gasteiger partial charge in [0.05, 0.1) is 7.11 Å². The number of hydrogen-bond acceptors (Lipinski definition) is 1. The van der Waals surface area contributed by atoms with Crippen molar-refractivity contribution in [1.29, 1.82) is 0 Å². The summed E-state index contributed by atoms with van der Waals surface area (Å²) < 4.78 is 7.47. The van der Waals surface area contributed by atoms with Gasteiger partial charge < -0.3 is 9.30 Å². The molecule has 1 aromatic heterocycles. The maximum Gasteiger partial charge on any atom is 0.118 e. The van der Waals surface area contributed by atoms with Crippen molar-refractivity contribution in [3.05, 3.63) is 53.3 Å². The fraction of sp³-hybridized carbons (Fsp3) is 0.375. The number of rotatable bonds is 4. The second-order valence-corrected chi connectivity index (χ2v) is 5.05. The van der Waals surface area contributed by atoms with Crippen molar-refractivity contribution in [1.82, 2.24) is 4.57 Å². The van der Waals surface area contributed by atoms with Gasteiger partial charge in [0.1, 0.15) is 5.75 Å². The SMILES string of the molecule is COc1ccc(Cn2cc(C(C)C)cc2C)cc1. The van der Waals surface area contributed by atoms with Gasteiger partial charge in [0.2, 0.25) is 0 Å². The van der Waals surface area contributed by atoms with Gasteiger partial charge in [-0.25, -0.2) is 0 Å². The van der Waals surface area contributed by atoms with Crippen LogP contribution in [0.1, 0.15) is 36.6 Å². The van der Waals surface area contributed by atoms with Gasteiger partial charge in [0.15, 0.2) is 0 Å². The van der Waals surface area contributed by atoms with Crippen molar-refractivity contribution in [3.8, 4) is 5.75 Å². The molecule has 2 aromatic rings. The van der Waals surface area contributed by atoms with Crippen LogP contribution in [-0.2, 0) is 6.54 Å². The number of aromatic nitrogens is 1. The summed E-state index contributed by atoms with van der Waals surface area (Å²) in [6.45, 7) is 7.54. The van der Waals surface area contributed by atoms with Crippen LogP contribution in [0.2, 0.25) is 0 Å². The van der Waals surface area contributed by atoms with E-state index in [1.54, 1.807) is 7.11 Å². The average molecular weight is 243 g/mol. The molecule has 2 nitrogen and oxygen atoms in total. The lowest BCUT2D eigenvalue weighted by Crippen LogP contribution is -2.00. The fourth-order valence-corrected chi connectivity index (χ4v) is 2.06. The molecule has 0 fully saturated rings. The first-order chi connectivity index (χ1) is 8.60. The van der Waals surface area contributed by atoms with Crippen LogP contribution in [-0.4, -0.2) is 11.7 Å². The number of benzene rings is 1. The Morgan fingerprint density at radius 2 is 1.83 bits per heavy atom. The monoisotopic (exact) mass is 243 g/mol. The lowest BCUT2D eigenvalue weighted by molar-refractivity contribution is 0.414. The van der Waals surface area contributed by atoms with E-state index in [2.05, 4.69) is 49.7 Å². The van der Waals surface area contributed by atoms with Crippen molar-refractivity contribution in [3.63, 3.8) is 0 Å². The van der Waals surface area contributed by atoms with E-state index in [0.717, 1.165) is 12.3 Å². The van der Waals surface area contributed by atoms with E-state index in [9.17, 15) is 0 Å². The quantitative estimate of drug-likeness (QED) is 0.792. The van der Waals surface area contributed by atoms with Crippen LogP contribution in [0.15, 0.2) is 36.5 Å². The summed E-state index contributed by atoms with van der Waals surface area (Å²) in [6.07, 6.45) is 2.25. The highest BCUT2D eigenvalue weighted by atomic mass is 16.5. The molecule has 0 unspecified atom stereocenters. The first-order valence-electron chi connectivity index (χ1n) is 6.39. The lowest BCUT2D eigenvalue weighted by atomic mass is 10.1. The Hall–Kier alpha value is -1.70. The normalized spacial score (nSPS) is 10.9. The summed E-state index contributed by atoms with van der Waals surface area (Å²) in [4.78, 5) is 0. The van der Waals surface area contributed by atoms with Gasteiger partial charge in [-0.1, -0.05) is 26.0 Å². The molecular formula is C16H21NO. The third-order valence-electron chi connectivity index (χ3n) is 3.31. The highest BCUT2D eigenvalue weighted by Crippen LogP contribution is 2.19. The van der Waals surface area contributed by atoms with Gasteiger partial charge in [-0.3, -0.25) is 0 Å². The van der Waals surface area contributed by atoms with E-state index in [1.807, 2.05) is 12.1 Å². The highest BCUT2D eigenvalue weighted by Gasteiger charge is 2.06. The number of nitrogens with zero attached hydrogens (tertiary/aromatic N) is 1. The van der Waals surface area contributed by atoms with Gasteiger partial charge >= 0.3 is 0 Å². The zero-order valence-electron chi connectivity index (χ0n) is 11.6. The third-order valence-corrected chi connectivity index (χ3v) is 3.31. The summed E-state index contributed by atoms with van der Waals surface area (Å²) in [5.41, 5.74) is 4.01. The summed E-state index contributed by atoms with van der Waals surface area (Å²) in [5, 5.41) is 0. The Morgan fingerprint density at radius 3 is 2.33 bits per heavy atom. The molecule has 0 spiro atoms.